The van der Waals surface area contributed by atoms with Crippen LogP contribution in [0.2, 0.25) is 5.02 Å². The van der Waals surface area contributed by atoms with Crippen LogP contribution in [-0.2, 0) is 16.1 Å². The fourth-order valence-corrected chi connectivity index (χ4v) is 3.32. The Hall–Kier alpha value is -1.96. The van der Waals surface area contributed by atoms with Gasteiger partial charge in [-0.2, -0.15) is 0 Å². The van der Waals surface area contributed by atoms with Crippen molar-refractivity contribution in [3.63, 3.8) is 0 Å². The highest BCUT2D eigenvalue weighted by atomic mass is 35.5. The molecule has 0 aliphatic rings. The molecule has 2 N–H and O–H groups in total. The summed E-state index contributed by atoms with van der Waals surface area (Å²) in [5.41, 5.74) is 0.969. The Bertz CT molecular complexity index is 733. The number of thiazole rings is 1. The van der Waals surface area contributed by atoms with Crippen LogP contribution in [0, 0.1) is 0 Å². The molecule has 0 aliphatic carbocycles. The van der Waals surface area contributed by atoms with Gasteiger partial charge in [0.1, 0.15) is 11.0 Å². The van der Waals surface area contributed by atoms with Gasteiger partial charge in [0.15, 0.2) is 0 Å². The first-order valence-corrected chi connectivity index (χ1v) is 8.98. The second-order valence-electron chi connectivity index (χ2n) is 5.61. The van der Waals surface area contributed by atoms with Crippen LogP contribution in [0.5, 0.6) is 0 Å². The molecule has 6 nitrogen and oxygen atoms in total. The van der Waals surface area contributed by atoms with E-state index in [1.807, 2.05) is 24.3 Å². The van der Waals surface area contributed by atoms with Crippen LogP contribution in [0.1, 0.15) is 18.7 Å². The molecule has 0 saturated carbocycles. The second kappa shape index (κ2) is 8.94. The Morgan fingerprint density at radius 2 is 2.04 bits per heavy atom. The summed E-state index contributed by atoms with van der Waals surface area (Å²) in [6, 6.07) is 6.77. The number of amides is 1. The molecule has 8 heteroatoms. The van der Waals surface area contributed by atoms with E-state index in [0.29, 0.717) is 24.7 Å². The van der Waals surface area contributed by atoms with Crippen molar-refractivity contribution in [1.82, 2.24) is 15.2 Å². The topological polar surface area (TPSA) is 82.5 Å². The van der Waals surface area contributed by atoms with Crippen LogP contribution in [0.15, 0.2) is 30.5 Å². The molecule has 2 rings (SSSR count). The molecule has 1 atom stereocenters. The Kier molecular flexibility index (Phi) is 6.92. The molecule has 0 bridgehead atoms. The zero-order valence-electron chi connectivity index (χ0n) is 14.0. The highest BCUT2D eigenvalue weighted by Crippen LogP contribution is 2.27. The molecule has 2 aromatic rings. The average Bonchev–Trinajstić information content (AvgIpc) is 3.02. The monoisotopic (exact) mass is 381 g/mol. The predicted octanol–water partition coefficient (Wildman–Crippen LogP) is 2.87. The number of carbonyl (C=O) groups is 2. The molecular formula is C17H20ClN3O3S. The van der Waals surface area contributed by atoms with Crippen molar-refractivity contribution < 1.29 is 14.7 Å². The van der Waals surface area contributed by atoms with Gasteiger partial charge in [-0.25, -0.2) is 4.98 Å². The van der Waals surface area contributed by atoms with Gasteiger partial charge in [-0.05, 0) is 19.1 Å². The van der Waals surface area contributed by atoms with Crippen molar-refractivity contribution in [2.45, 2.75) is 26.4 Å². The first-order valence-electron chi connectivity index (χ1n) is 7.78. The smallest absolute Gasteiger partial charge is 0.320 e. The largest absolute Gasteiger partial charge is 0.480 e. The number of nitrogens with zero attached hydrogens (tertiary/aromatic N) is 2. The summed E-state index contributed by atoms with van der Waals surface area (Å²) in [7, 11) is 0. The number of carboxylic acid groups (broad SMARTS) is 1. The van der Waals surface area contributed by atoms with Gasteiger partial charge in [0.2, 0.25) is 5.91 Å². The Morgan fingerprint density at radius 1 is 1.36 bits per heavy atom. The third-order valence-corrected chi connectivity index (χ3v) is 4.96. The quantitative estimate of drug-likeness (QED) is 0.734. The fourth-order valence-electron chi connectivity index (χ4n) is 2.25. The van der Waals surface area contributed by atoms with E-state index < -0.39 is 12.0 Å². The van der Waals surface area contributed by atoms with E-state index in [-0.39, 0.29) is 5.91 Å². The molecule has 25 heavy (non-hydrogen) atoms. The normalized spacial score (nSPS) is 12.2. The van der Waals surface area contributed by atoms with Crippen molar-refractivity contribution >= 4 is 34.8 Å². The van der Waals surface area contributed by atoms with E-state index in [1.54, 1.807) is 18.0 Å². The van der Waals surface area contributed by atoms with E-state index in [2.05, 4.69) is 10.3 Å². The number of carbonyl (C=O) groups excluding carboxylic acids is 1. The van der Waals surface area contributed by atoms with Gasteiger partial charge in [-0.15, -0.1) is 11.3 Å². The van der Waals surface area contributed by atoms with E-state index >= 15 is 0 Å². The molecule has 0 saturated heterocycles. The Labute approximate surface area is 155 Å². The third kappa shape index (κ3) is 5.81. The summed E-state index contributed by atoms with van der Waals surface area (Å²) in [5, 5.41) is 13.5. The number of nitrogens with one attached hydrogen (secondary N) is 1. The summed E-state index contributed by atoms with van der Waals surface area (Å²) in [6.45, 7) is 4.37. The lowest BCUT2D eigenvalue weighted by Crippen LogP contribution is -2.42. The highest BCUT2D eigenvalue weighted by molar-refractivity contribution is 7.15. The summed E-state index contributed by atoms with van der Waals surface area (Å²) >= 11 is 7.41. The van der Waals surface area contributed by atoms with Gasteiger partial charge in [-0.1, -0.05) is 23.7 Å². The predicted molar refractivity (Wildman–Crippen MR) is 98.8 cm³/mol. The lowest BCUT2D eigenvalue weighted by atomic mass is 10.2. The second-order valence-corrected chi connectivity index (χ2v) is 7.16. The maximum Gasteiger partial charge on any atom is 0.320 e. The van der Waals surface area contributed by atoms with Crippen LogP contribution in [-0.4, -0.2) is 46.0 Å². The van der Waals surface area contributed by atoms with Gasteiger partial charge < -0.3 is 10.4 Å². The molecule has 1 amide bonds. The fraction of sp³-hybridized carbons (Fsp3) is 0.353. The maximum atomic E-state index is 11.3. The van der Waals surface area contributed by atoms with Crippen molar-refractivity contribution in [1.29, 1.82) is 0 Å². The first-order chi connectivity index (χ1) is 11.9. The van der Waals surface area contributed by atoms with Crippen molar-refractivity contribution in [3.8, 4) is 10.6 Å². The molecule has 1 aromatic carbocycles. The number of hydrogen-bond donors (Lipinski definition) is 2. The minimum atomic E-state index is -0.898. The summed E-state index contributed by atoms with van der Waals surface area (Å²) in [4.78, 5) is 29.5. The molecule has 1 heterocycles. The summed E-state index contributed by atoms with van der Waals surface area (Å²) in [6.07, 6.45) is 1.76. The third-order valence-electron chi connectivity index (χ3n) is 3.68. The van der Waals surface area contributed by atoms with Crippen LogP contribution in [0.25, 0.3) is 10.6 Å². The summed E-state index contributed by atoms with van der Waals surface area (Å²) < 4.78 is 0. The van der Waals surface area contributed by atoms with E-state index in [9.17, 15) is 14.7 Å². The maximum absolute atomic E-state index is 11.3. The minimum Gasteiger partial charge on any atom is -0.480 e. The molecule has 134 valence electrons. The molecule has 0 fully saturated rings. The van der Waals surface area contributed by atoms with Gasteiger partial charge in [0.25, 0.3) is 0 Å². The van der Waals surface area contributed by atoms with Gasteiger partial charge in [0, 0.05) is 48.2 Å². The molecule has 1 aromatic heterocycles. The SMILES string of the molecule is CC(=O)NCCN(Cc1cnc(-c2ccc(Cl)cc2)s1)C(C)C(=O)O. The van der Waals surface area contributed by atoms with Gasteiger partial charge in [0.05, 0.1) is 0 Å². The van der Waals surface area contributed by atoms with Crippen LogP contribution in [0.3, 0.4) is 0 Å². The van der Waals surface area contributed by atoms with Gasteiger partial charge >= 0.3 is 5.97 Å². The lowest BCUT2D eigenvalue weighted by molar-refractivity contribution is -0.142. The highest BCUT2D eigenvalue weighted by Gasteiger charge is 2.21. The molecular weight excluding hydrogens is 362 g/mol. The number of rotatable bonds is 8. The number of aliphatic carboxylic acids is 1. The van der Waals surface area contributed by atoms with Gasteiger partial charge in [-0.3, -0.25) is 14.5 Å². The summed E-state index contributed by atoms with van der Waals surface area (Å²) in [5.74, 6) is -1.03. The molecule has 1 unspecified atom stereocenters. The lowest BCUT2D eigenvalue weighted by Gasteiger charge is -2.25. The average molecular weight is 382 g/mol. The van der Waals surface area contributed by atoms with Crippen LogP contribution < -0.4 is 5.32 Å². The zero-order chi connectivity index (χ0) is 18.4. The molecule has 0 radical (unpaired) electrons. The Morgan fingerprint density at radius 3 is 2.64 bits per heavy atom. The number of benzene rings is 1. The van der Waals surface area contributed by atoms with E-state index in [4.69, 9.17) is 11.6 Å². The zero-order valence-corrected chi connectivity index (χ0v) is 15.6. The minimum absolute atomic E-state index is 0.134. The molecule has 0 spiro atoms. The van der Waals surface area contributed by atoms with E-state index in [0.717, 1.165) is 15.4 Å². The van der Waals surface area contributed by atoms with E-state index in [1.165, 1.54) is 18.3 Å². The van der Waals surface area contributed by atoms with Crippen LogP contribution in [0.4, 0.5) is 0 Å². The number of carboxylic acids is 1. The van der Waals surface area contributed by atoms with Crippen molar-refractivity contribution in [2.24, 2.45) is 0 Å². The van der Waals surface area contributed by atoms with Crippen molar-refractivity contribution in [3.05, 3.63) is 40.4 Å². The number of halogens is 1. The molecule has 0 aliphatic heterocycles. The van der Waals surface area contributed by atoms with Crippen molar-refractivity contribution in [2.75, 3.05) is 13.1 Å². The van der Waals surface area contributed by atoms with Crippen LogP contribution >= 0.6 is 22.9 Å². The number of hydrogen-bond acceptors (Lipinski definition) is 5. The first kappa shape index (κ1) is 19.4. The Balaban J connectivity index is 2.08. The number of aromatic nitrogens is 1. The standard InChI is InChI=1S/C17H20ClN3O3S/c1-11(17(23)24)21(8-7-19-12(2)22)10-15-9-20-16(25-15)13-3-5-14(18)6-4-13/h3-6,9,11H,7-8,10H2,1-2H3,(H,19,22)(H,23,24).